The number of nitrogens with zero attached hydrogens (tertiary/aromatic N) is 2. The second-order valence-electron chi connectivity index (χ2n) is 8.07. The Morgan fingerprint density at radius 2 is 2.04 bits per heavy atom. The van der Waals surface area contributed by atoms with Gasteiger partial charge in [-0.3, -0.25) is 9.59 Å². The van der Waals surface area contributed by atoms with Gasteiger partial charge in [0.05, 0.1) is 5.52 Å². The maximum absolute atomic E-state index is 14.0. The van der Waals surface area contributed by atoms with Crippen LogP contribution in [-0.2, 0) is 11.3 Å². The lowest BCUT2D eigenvalue weighted by molar-refractivity contribution is -0.129. The zero-order valence-corrected chi connectivity index (χ0v) is 15.7. The van der Waals surface area contributed by atoms with Gasteiger partial charge in [-0.1, -0.05) is 18.9 Å². The summed E-state index contributed by atoms with van der Waals surface area (Å²) < 4.78 is 14.0. The fraction of sp³-hybridized carbons (Fsp3) is 0.524. The highest BCUT2D eigenvalue weighted by atomic mass is 19.1. The van der Waals surface area contributed by atoms with E-state index in [9.17, 15) is 14.0 Å². The monoisotopic (exact) mass is 371 g/mol. The van der Waals surface area contributed by atoms with Gasteiger partial charge in [0.2, 0.25) is 5.91 Å². The number of amides is 1. The molecule has 1 aliphatic heterocycles. The van der Waals surface area contributed by atoms with Crippen molar-refractivity contribution in [3.63, 3.8) is 0 Å². The minimum absolute atomic E-state index is 0.171. The predicted molar refractivity (Wildman–Crippen MR) is 103 cm³/mol. The molecule has 1 saturated carbocycles. The van der Waals surface area contributed by atoms with Crippen molar-refractivity contribution in [2.75, 3.05) is 20.1 Å². The molecule has 1 aromatic carbocycles. The van der Waals surface area contributed by atoms with Gasteiger partial charge in [0, 0.05) is 49.2 Å². The number of carbonyl (C=O) groups is 1. The van der Waals surface area contributed by atoms with Crippen molar-refractivity contribution >= 4 is 16.8 Å². The highest BCUT2D eigenvalue weighted by Gasteiger charge is 2.35. The molecule has 5 nitrogen and oxygen atoms in total. The van der Waals surface area contributed by atoms with Gasteiger partial charge in [0.15, 0.2) is 5.43 Å². The van der Waals surface area contributed by atoms with Crippen LogP contribution in [0.25, 0.3) is 10.9 Å². The largest absolute Gasteiger partial charge is 0.355 e. The molecule has 1 aliphatic carbocycles. The van der Waals surface area contributed by atoms with Gasteiger partial charge in [-0.15, -0.1) is 0 Å². The van der Waals surface area contributed by atoms with Gasteiger partial charge in [0.25, 0.3) is 0 Å². The van der Waals surface area contributed by atoms with Gasteiger partial charge in [-0.25, -0.2) is 4.39 Å². The third-order valence-corrected chi connectivity index (χ3v) is 5.88. The van der Waals surface area contributed by atoms with Crippen LogP contribution in [0, 0.1) is 11.7 Å². The predicted octanol–water partition coefficient (Wildman–Crippen LogP) is 2.89. The van der Waals surface area contributed by atoms with Crippen molar-refractivity contribution in [3.8, 4) is 0 Å². The first-order valence-corrected chi connectivity index (χ1v) is 9.79. The summed E-state index contributed by atoms with van der Waals surface area (Å²) in [5.41, 5.74) is 0.782. The number of nitrogens with one attached hydrogen (secondary N) is 1. The molecule has 144 valence electrons. The van der Waals surface area contributed by atoms with Crippen molar-refractivity contribution in [1.29, 1.82) is 0 Å². The number of benzene rings is 1. The van der Waals surface area contributed by atoms with Crippen LogP contribution in [0.2, 0.25) is 0 Å². The van der Waals surface area contributed by atoms with Gasteiger partial charge >= 0.3 is 0 Å². The van der Waals surface area contributed by atoms with Crippen LogP contribution in [0.4, 0.5) is 4.39 Å². The normalized spacial score (nSPS) is 21.1. The highest BCUT2D eigenvalue weighted by molar-refractivity contribution is 5.79. The Labute approximate surface area is 158 Å². The van der Waals surface area contributed by atoms with E-state index in [2.05, 4.69) is 14.8 Å². The quantitative estimate of drug-likeness (QED) is 0.879. The number of hydrogen-bond acceptors (Lipinski definition) is 3. The Bertz CT molecular complexity index is 904. The van der Waals surface area contributed by atoms with Crippen LogP contribution in [0.1, 0.15) is 37.8 Å². The van der Waals surface area contributed by atoms with E-state index in [0.717, 1.165) is 25.9 Å². The fourth-order valence-electron chi connectivity index (χ4n) is 4.67. The fourth-order valence-corrected chi connectivity index (χ4v) is 4.67. The highest BCUT2D eigenvalue weighted by Crippen LogP contribution is 2.29. The van der Waals surface area contributed by atoms with E-state index in [1.165, 1.54) is 18.9 Å². The Morgan fingerprint density at radius 1 is 1.26 bits per heavy atom. The number of halogens is 1. The second kappa shape index (κ2) is 7.43. The summed E-state index contributed by atoms with van der Waals surface area (Å²) in [6.45, 7) is 2.14. The number of aromatic amines is 1. The molecule has 2 aromatic rings. The number of H-pyrrole nitrogens is 1. The molecule has 1 atom stereocenters. The number of aromatic nitrogens is 1. The van der Waals surface area contributed by atoms with Gasteiger partial charge in [0.1, 0.15) is 5.82 Å². The van der Waals surface area contributed by atoms with Crippen LogP contribution >= 0.6 is 0 Å². The number of fused-ring (bicyclic) bond motifs is 1. The van der Waals surface area contributed by atoms with Gasteiger partial charge in [-0.2, -0.15) is 0 Å². The Balaban J connectivity index is 1.42. The van der Waals surface area contributed by atoms with Crippen LogP contribution in [0.3, 0.4) is 0 Å². The number of hydrogen-bond donors (Lipinski definition) is 1. The minimum atomic E-state index is -0.414. The Morgan fingerprint density at radius 3 is 2.81 bits per heavy atom. The zero-order valence-electron chi connectivity index (χ0n) is 15.7. The standard InChI is InChI=1S/C21H26FN3O2/c1-24(11-14-9-20(27)25(12-14)16-5-2-3-6-16)13-15-10-19(26)17-7-4-8-18(22)21(17)23-15/h4,7-8,10,14,16H,2-3,5-6,9,11-13H2,1H3,(H,23,26)/t14-/m0/s1. The number of carbonyl (C=O) groups excluding carboxylic acids is 1. The summed E-state index contributed by atoms with van der Waals surface area (Å²) in [4.78, 5) is 31.9. The first-order chi connectivity index (χ1) is 13.0. The lowest BCUT2D eigenvalue weighted by Crippen LogP contribution is -2.35. The molecule has 2 heterocycles. The molecule has 2 fully saturated rings. The van der Waals surface area contributed by atoms with Crippen molar-refractivity contribution < 1.29 is 9.18 Å². The summed E-state index contributed by atoms with van der Waals surface area (Å²) in [6.07, 6.45) is 5.33. The summed E-state index contributed by atoms with van der Waals surface area (Å²) in [5, 5.41) is 0.370. The summed E-state index contributed by atoms with van der Waals surface area (Å²) >= 11 is 0. The van der Waals surface area contributed by atoms with Gasteiger partial charge in [-0.05, 0) is 37.9 Å². The van der Waals surface area contributed by atoms with E-state index >= 15 is 0 Å². The molecule has 0 spiro atoms. The van der Waals surface area contributed by atoms with E-state index in [4.69, 9.17) is 0 Å². The summed E-state index contributed by atoms with van der Waals surface area (Å²) in [5.74, 6) is 0.177. The van der Waals surface area contributed by atoms with E-state index in [0.29, 0.717) is 36.0 Å². The van der Waals surface area contributed by atoms with Crippen molar-refractivity contribution in [2.45, 2.75) is 44.7 Å². The second-order valence-corrected chi connectivity index (χ2v) is 8.07. The zero-order chi connectivity index (χ0) is 19.0. The van der Waals surface area contributed by atoms with E-state index in [1.54, 1.807) is 18.2 Å². The maximum Gasteiger partial charge on any atom is 0.223 e. The number of pyridine rings is 1. The topological polar surface area (TPSA) is 56.4 Å². The smallest absolute Gasteiger partial charge is 0.223 e. The molecule has 1 saturated heterocycles. The number of para-hydroxylation sites is 1. The molecule has 1 N–H and O–H groups in total. The molecular weight excluding hydrogens is 345 g/mol. The molecule has 4 rings (SSSR count). The maximum atomic E-state index is 14.0. The Hall–Kier alpha value is -2.21. The SMILES string of the molecule is CN(Cc1cc(=O)c2cccc(F)c2[nH]1)C[C@@H]1CC(=O)N(C2CCCC2)C1. The van der Waals surface area contributed by atoms with Crippen LogP contribution in [0.15, 0.2) is 29.1 Å². The molecule has 2 aliphatic rings. The molecule has 0 unspecified atom stereocenters. The van der Waals surface area contributed by atoms with Crippen molar-refractivity contribution in [1.82, 2.24) is 14.8 Å². The lowest BCUT2D eigenvalue weighted by atomic mass is 10.1. The first kappa shape index (κ1) is 18.2. The molecule has 0 bridgehead atoms. The van der Waals surface area contributed by atoms with Gasteiger partial charge < -0.3 is 14.8 Å². The summed E-state index contributed by atoms with van der Waals surface area (Å²) in [6, 6.07) is 6.52. The third kappa shape index (κ3) is 3.76. The Kier molecular flexibility index (Phi) is 5.00. The van der Waals surface area contributed by atoms with Crippen molar-refractivity contribution in [3.05, 3.63) is 46.0 Å². The lowest BCUT2D eigenvalue weighted by Gasteiger charge is -2.25. The molecule has 1 amide bonds. The number of likely N-dealkylation sites (tertiary alicyclic amines) is 1. The van der Waals surface area contributed by atoms with E-state index < -0.39 is 5.82 Å². The van der Waals surface area contributed by atoms with E-state index in [-0.39, 0.29) is 16.9 Å². The summed E-state index contributed by atoms with van der Waals surface area (Å²) in [7, 11) is 1.98. The molecule has 27 heavy (non-hydrogen) atoms. The third-order valence-electron chi connectivity index (χ3n) is 5.88. The molecular formula is C21H26FN3O2. The number of rotatable bonds is 5. The molecule has 0 radical (unpaired) electrons. The molecule has 6 heteroatoms. The first-order valence-electron chi connectivity index (χ1n) is 9.79. The minimum Gasteiger partial charge on any atom is -0.355 e. The average Bonchev–Trinajstić information content (AvgIpc) is 3.25. The van der Waals surface area contributed by atoms with Crippen LogP contribution < -0.4 is 5.43 Å². The van der Waals surface area contributed by atoms with Crippen molar-refractivity contribution in [2.24, 2.45) is 5.92 Å². The van der Waals surface area contributed by atoms with Crippen LogP contribution in [0.5, 0.6) is 0 Å². The molecule has 1 aromatic heterocycles. The van der Waals surface area contributed by atoms with Crippen LogP contribution in [-0.4, -0.2) is 46.9 Å². The average molecular weight is 371 g/mol. The van der Waals surface area contributed by atoms with E-state index in [1.807, 2.05) is 7.05 Å².